The summed E-state index contributed by atoms with van der Waals surface area (Å²) in [6.45, 7) is 1.96. The Hall–Kier alpha value is -1.81. The van der Waals surface area contributed by atoms with Crippen molar-refractivity contribution in [3.8, 4) is 0 Å². The van der Waals surface area contributed by atoms with Crippen LogP contribution in [-0.4, -0.2) is 23.3 Å². The van der Waals surface area contributed by atoms with Crippen LogP contribution in [0.15, 0.2) is 30.3 Å². The molecule has 0 saturated carbocycles. The Morgan fingerprint density at radius 3 is 2.50 bits per heavy atom. The summed E-state index contributed by atoms with van der Waals surface area (Å²) in [5.74, 6) is 0.913. The van der Waals surface area contributed by atoms with Gasteiger partial charge in [-0.15, -0.1) is 10.2 Å². The van der Waals surface area contributed by atoms with E-state index in [9.17, 15) is 0 Å². The van der Waals surface area contributed by atoms with Crippen LogP contribution < -0.4 is 9.80 Å². The molecule has 1 aromatic heterocycles. The summed E-state index contributed by atoms with van der Waals surface area (Å²) in [7, 11) is 0. The molecule has 4 heterocycles. The second-order valence-corrected chi connectivity index (χ2v) is 4.91. The number of hydrogen-bond donors (Lipinski definition) is 0. The molecule has 0 N–H and O–H groups in total. The molecule has 4 nitrogen and oxygen atoms in total. The van der Waals surface area contributed by atoms with Gasteiger partial charge in [0.05, 0.1) is 17.1 Å². The SMILES string of the molecule is Clc1cc2c(nn1)N1CCCN2c2ccccc21. The Balaban J connectivity index is 2.02. The molecule has 2 bridgehead atoms. The number of rotatable bonds is 0. The molecular weight excluding hydrogens is 248 g/mol. The highest BCUT2D eigenvalue weighted by molar-refractivity contribution is 6.29. The van der Waals surface area contributed by atoms with E-state index in [0.717, 1.165) is 31.0 Å². The van der Waals surface area contributed by atoms with E-state index in [1.54, 1.807) is 0 Å². The van der Waals surface area contributed by atoms with Crippen molar-refractivity contribution in [1.82, 2.24) is 10.2 Å². The van der Waals surface area contributed by atoms with Crippen LogP contribution in [0.3, 0.4) is 0 Å². The van der Waals surface area contributed by atoms with E-state index in [1.807, 2.05) is 6.07 Å². The van der Waals surface area contributed by atoms with Crippen molar-refractivity contribution in [2.45, 2.75) is 6.42 Å². The number of nitrogens with zero attached hydrogens (tertiary/aromatic N) is 4. The van der Waals surface area contributed by atoms with Crippen LogP contribution in [-0.2, 0) is 0 Å². The molecule has 2 aromatic rings. The maximum absolute atomic E-state index is 5.98. The number of fused-ring (bicyclic) bond motifs is 2. The minimum absolute atomic E-state index is 0.444. The molecule has 0 saturated heterocycles. The van der Waals surface area contributed by atoms with E-state index in [4.69, 9.17) is 11.6 Å². The minimum atomic E-state index is 0.444. The van der Waals surface area contributed by atoms with Gasteiger partial charge in [0.1, 0.15) is 0 Å². The van der Waals surface area contributed by atoms with Gasteiger partial charge in [0.25, 0.3) is 0 Å². The Morgan fingerprint density at radius 2 is 1.67 bits per heavy atom. The lowest BCUT2D eigenvalue weighted by molar-refractivity contribution is 0.843. The van der Waals surface area contributed by atoms with Crippen LogP contribution in [0, 0.1) is 0 Å². The molecule has 5 rings (SSSR count). The van der Waals surface area contributed by atoms with Gasteiger partial charge in [-0.1, -0.05) is 23.7 Å². The summed E-state index contributed by atoms with van der Waals surface area (Å²) < 4.78 is 0. The third kappa shape index (κ3) is 1.26. The number of para-hydroxylation sites is 2. The van der Waals surface area contributed by atoms with Gasteiger partial charge in [-0.05, 0) is 18.6 Å². The first kappa shape index (κ1) is 10.1. The van der Waals surface area contributed by atoms with Gasteiger partial charge in [0, 0.05) is 19.2 Å². The van der Waals surface area contributed by atoms with E-state index < -0.39 is 0 Å². The molecule has 90 valence electrons. The van der Waals surface area contributed by atoms with Gasteiger partial charge in [-0.25, -0.2) is 0 Å². The summed E-state index contributed by atoms with van der Waals surface area (Å²) >= 11 is 5.98. The molecule has 0 unspecified atom stereocenters. The molecule has 1 aromatic carbocycles. The second kappa shape index (κ2) is 3.59. The summed E-state index contributed by atoms with van der Waals surface area (Å²) in [6.07, 6.45) is 1.10. The fourth-order valence-corrected chi connectivity index (χ4v) is 2.90. The maximum atomic E-state index is 5.98. The van der Waals surface area contributed by atoms with Crippen molar-refractivity contribution < 1.29 is 0 Å². The zero-order valence-corrected chi connectivity index (χ0v) is 10.4. The number of benzene rings is 1. The quantitative estimate of drug-likeness (QED) is 0.727. The highest BCUT2D eigenvalue weighted by atomic mass is 35.5. The van der Waals surface area contributed by atoms with Crippen molar-refractivity contribution in [3.05, 3.63) is 35.5 Å². The summed E-state index contributed by atoms with van der Waals surface area (Å²) in [5.41, 5.74) is 3.50. The first-order valence-corrected chi connectivity index (χ1v) is 6.40. The van der Waals surface area contributed by atoms with Crippen molar-refractivity contribution in [1.29, 1.82) is 0 Å². The highest BCUT2D eigenvalue weighted by Crippen LogP contribution is 2.48. The largest absolute Gasteiger partial charge is 0.337 e. The third-order valence-corrected chi connectivity index (χ3v) is 3.68. The van der Waals surface area contributed by atoms with E-state index in [1.165, 1.54) is 11.4 Å². The average Bonchev–Trinajstić information content (AvgIpc) is 2.69. The molecule has 5 heteroatoms. The van der Waals surface area contributed by atoms with Gasteiger partial charge in [-0.2, -0.15) is 0 Å². The summed E-state index contributed by atoms with van der Waals surface area (Å²) in [6, 6.07) is 10.3. The topological polar surface area (TPSA) is 32.3 Å². The molecule has 0 amide bonds. The molecular formula is C13H11ClN4. The van der Waals surface area contributed by atoms with Gasteiger partial charge in [-0.3, -0.25) is 0 Å². The number of anilines is 4. The Morgan fingerprint density at radius 1 is 0.944 bits per heavy atom. The smallest absolute Gasteiger partial charge is 0.179 e. The molecule has 18 heavy (non-hydrogen) atoms. The lowest BCUT2D eigenvalue weighted by Gasteiger charge is -2.34. The first-order valence-electron chi connectivity index (χ1n) is 6.02. The second-order valence-electron chi connectivity index (χ2n) is 4.52. The summed E-state index contributed by atoms with van der Waals surface area (Å²) in [5, 5.41) is 8.68. The first-order chi connectivity index (χ1) is 8.84. The monoisotopic (exact) mass is 258 g/mol. The Labute approximate surface area is 110 Å². The molecule has 3 aliphatic heterocycles. The van der Waals surface area contributed by atoms with Gasteiger partial charge >= 0.3 is 0 Å². The Kier molecular flexibility index (Phi) is 2.02. The average molecular weight is 259 g/mol. The zero-order chi connectivity index (χ0) is 12.1. The van der Waals surface area contributed by atoms with Crippen molar-refractivity contribution in [2.75, 3.05) is 22.9 Å². The predicted octanol–water partition coefficient (Wildman–Crippen LogP) is 3.12. The lowest BCUT2D eigenvalue weighted by Crippen LogP contribution is -2.25. The fourth-order valence-electron chi connectivity index (χ4n) is 2.76. The predicted molar refractivity (Wildman–Crippen MR) is 72.1 cm³/mol. The highest BCUT2D eigenvalue weighted by Gasteiger charge is 2.32. The zero-order valence-electron chi connectivity index (χ0n) is 9.67. The van der Waals surface area contributed by atoms with Crippen LogP contribution in [0.2, 0.25) is 5.15 Å². The molecule has 0 atom stereocenters. The van der Waals surface area contributed by atoms with E-state index in [0.29, 0.717) is 5.15 Å². The fraction of sp³-hybridized carbons (Fsp3) is 0.231. The number of aromatic nitrogens is 2. The molecule has 0 spiro atoms. The molecule has 0 radical (unpaired) electrons. The number of halogens is 1. The van der Waals surface area contributed by atoms with Crippen LogP contribution >= 0.6 is 11.6 Å². The van der Waals surface area contributed by atoms with Crippen LogP contribution in [0.25, 0.3) is 0 Å². The molecule has 3 aliphatic rings. The third-order valence-electron chi connectivity index (χ3n) is 3.50. The van der Waals surface area contributed by atoms with E-state index in [-0.39, 0.29) is 0 Å². The van der Waals surface area contributed by atoms with E-state index >= 15 is 0 Å². The van der Waals surface area contributed by atoms with Crippen LogP contribution in [0.1, 0.15) is 6.42 Å². The van der Waals surface area contributed by atoms with E-state index in [2.05, 4.69) is 44.3 Å². The van der Waals surface area contributed by atoms with Crippen molar-refractivity contribution in [3.63, 3.8) is 0 Å². The van der Waals surface area contributed by atoms with Crippen molar-refractivity contribution >= 4 is 34.5 Å². The Bertz CT molecular complexity index is 628. The van der Waals surface area contributed by atoms with Gasteiger partial charge < -0.3 is 9.80 Å². The molecule has 0 fully saturated rings. The minimum Gasteiger partial charge on any atom is -0.337 e. The van der Waals surface area contributed by atoms with Gasteiger partial charge in [0.15, 0.2) is 11.0 Å². The lowest BCUT2D eigenvalue weighted by atomic mass is 10.1. The van der Waals surface area contributed by atoms with Crippen molar-refractivity contribution in [2.24, 2.45) is 0 Å². The van der Waals surface area contributed by atoms with Crippen LogP contribution in [0.4, 0.5) is 22.9 Å². The number of hydrogen-bond acceptors (Lipinski definition) is 4. The standard InChI is InChI=1S/C13H11ClN4/c14-12-8-11-13(16-15-12)18-7-3-6-17(11)9-4-1-2-5-10(9)18/h1-2,4-5,8H,3,6-7H2. The summed E-state index contributed by atoms with van der Waals surface area (Å²) in [4.78, 5) is 4.52. The van der Waals surface area contributed by atoms with Gasteiger partial charge in [0.2, 0.25) is 0 Å². The van der Waals surface area contributed by atoms with Crippen LogP contribution in [0.5, 0.6) is 0 Å². The molecule has 0 aliphatic carbocycles. The maximum Gasteiger partial charge on any atom is 0.179 e. The normalized spacial score (nSPS) is 16.3.